The lowest BCUT2D eigenvalue weighted by molar-refractivity contribution is -0.0327. The van der Waals surface area contributed by atoms with Gasteiger partial charge in [0, 0.05) is 12.3 Å². The normalized spacial score (nSPS) is 15.0. The lowest BCUT2D eigenvalue weighted by atomic mass is 10.1. The second-order valence-electron chi connectivity index (χ2n) is 3.96. The molecule has 1 aromatic rings. The van der Waals surface area contributed by atoms with E-state index in [9.17, 15) is 22.8 Å². The molecule has 0 saturated heterocycles. The van der Waals surface area contributed by atoms with Crippen molar-refractivity contribution in [2.75, 3.05) is 12.3 Å². The highest BCUT2D eigenvalue weighted by Crippen LogP contribution is 2.31. The summed E-state index contributed by atoms with van der Waals surface area (Å²) in [6.07, 6.45) is 0.121. The van der Waals surface area contributed by atoms with Gasteiger partial charge in [-0.1, -0.05) is 23.9 Å². The first-order valence-electron chi connectivity index (χ1n) is 5.56. The first-order chi connectivity index (χ1) is 8.90. The van der Waals surface area contributed by atoms with E-state index in [-0.39, 0.29) is 30.5 Å². The van der Waals surface area contributed by atoms with E-state index in [1.54, 1.807) is 24.3 Å². The summed E-state index contributed by atoms with van der Waals surface area (Å²) >= 11 is -0.146. The third-order valence-electron chi connectivity index (χ3n) is 2.67. The van der Waals surface area contributed by atoms with Gasteiger partial charge in [0.2, 0.25) is 0 Å². The number of hydrogen-bond acceptors (Lipinski definition) is 3. The molecule has 0 aromatic heterocycles. The zero-order chi connectivity index (χ0) is 14.0. The zero-order valence-electron chi connectivity index (χ0n) is 9.74. The molecule has 0 bridgehead atoms. The minimum Gasteiger partial charge on any atom is -0.274 e. The molecule has 1 aromatic carbocycles. The van der Waals surface area contributed by atoms with Crippen LogP contribution in [0.15, 0.2) is 24.3 Å². The number of hydrogen-bond donors (Lipinski definition) is 0. The van der Waals surface area contributed by atoms with Gasteiger partial charge in [0.15, 0.2) is 0 Å². The molecule has 7 heteroatoms. The number of rotatable bonds is 4. The molecule has 0 radical (unpaired) electrons. The van der Waals surface area contributed by atoms with Gasteiger partial charge in [-0.05, 0) is 18.6 Å². The monoisotopic (exact) mass is 289 g/mol. The minimum atomic E-state index is -4.28. The molecule has 2 amide bonds. The molecule has 1 heterocycles. The first kappa shape index (κ1) is 13.9. The molecule has 2 rings (SSSR count). The largest absolute Gasteiger partial charge is 0.441 e. The highest BCUT2D eigenvalue weighted by Gasteiger charge is 2.35. The van der Waals surface area contributed by atoms with Crippen molar-refractivity contribution in [2.24, 2.45) is 0 Å². The lowest BCUT2D eigenvalue weighted by Crippen LogP contribution is -2.31. The van der Waals surface area contributed by atoms with Crippen LogP contribution in [0.5, 0.6) is 0 Å². The number of halogens is 3. The molecular formula is C12H10F3NO2S. The van der Waals surface area contributed by atoms with E-state index in [0.29, 0.717) is 11.1 Å². The van der Waals surface area contributed by atoms with Crippen molar-refractivity contribution >= 4 is 23.6 Å². The number of benzene rings is 1. The molecule has 1 aliphatic rings. The number of nitrogens with zero attached hydrogens (tertiary/aromatic N) is 1. The maximum Gasteiger partial charge on any atom is 0.441 e. The Balaban J connectivity index is 1.94. The third kappa shape index (κ3) is 3.09. The van der Waals surface area contributed by atoms with Crippen LogP contribution in [-0.2, 0) is 0 Å². The first-order valence-corrected chi connectivity index (χ1v) is 6.54. The van der Waals surface area contributed by atoms with Crippen LogP contribution in [0.25, 0.3) is 0 Å². The summed E-state index contributed by atoms with van der Waals surface area (Å²) in [5, 5.41) is 0. The van der Waals surface area contributed by atoms with E-state index in [1.807, 2.05) is 0 Å². The second-order valence-corrected chi connectivity index (χ2v) is 5.12. The van der Waals surface area contributed by atoms with E-state index >= 15 is 0 Å². The van der Waals surface area contributed by atoms with Crippen LogP contribution >= 0.6 is 11.8 Å². The van der Waals surface area contributed by atoms with Crippen LogP contribution in [0.3, 0.4) is 0 Å². The van der Waals surface area contributed by atoms with Crippen molar-refractivity contribution in [1.29, 1.82) is 0 Å². The summed E-state index contributed by atoms with van der Waals surface area (Å²) in [6.45, 7) is 0.00935. The van der Waals surface area contributed by atoms with E-state index in [2.05, 4.69) is 0 Å². The van der Waals surface area contributed by atoms with Crippen LogP contribution in [0.4, 0.5) is 13.2 Å². The fraction of sp³-hybridized carbons (Fsp3) is 0.333. The number of alkyl halides is 3. The number of amides is 2. The van der Waals surface area contributed by atoms with Gasteiger partial charge < -0.3 is 0 Å². The van der Waals surface area contributed by atoms with Gasteiger partial charge in [0.1, 0.15) is 0 Å². The molecule has 0 spiro atoms. The minimum absolute atomic E-state index is 0.00935. The molecule has 3 nitrogen and oxygen atoms in total. The summed E-state index contributed by atoms with van der Waals surface area (Å²) in [5.41, 5.74) is -3.64. The number of imide groups is 1. The third-order valence-corrected chi connectivity index (χ3v) is 3.49. The highest BCUT2D eigenvalue weighted by atomic mass is 32.2. The van der Waals surface area contributed by atoms with E-state index < -0.39 is 17.3 Å². The Kier molecular flexibility index (Phi) is 3.84. The summed E-state index contributed by atoms with van der Waals surface area (Å²) in [5.74, 6) is -1.04. The number of fused-ring (bicyclic) bond motifs is 1. The number of carbonyl (C=O) groups is 2. The van der Waals surface area contributed by atoms with Crippen LogP contribution in [-0.4, -0.2) is 34.5 Å². The smallest absolute Gasteiger partial charge is 0.274 e. The Hall–Kier alpha value is -1.50. The molecule has 0 aliphatic carbocycles. The van der Waals surface area contributed by atoms with Crippen molar-refractivity contribution < 1.29 is 22.8 Å². The molecule has 0 N–H and O–H groups in total. The Labute approximate surface area is 111 Å². The van der Waals surface area contributed by atoms with E-state index in [0.717, 1.165) is 4.90 Å². The van der Waals surface area contributed by atoms with Gasteiger partial charge >= 0.3 is 5.51 Å². The summed E-state index contributed by atoms with van der Waals surface area (Å²) < 4.78 is 35.8. The average Bonchev–Trinajstić information content (AvgIpc) is 2.58. The van der Waals surface area contributed by atoms with Crippen LogP contribution < -0.4 is 0 Å². The van der Waals surface area contributed by atoms with Gasteiger partial charge in [-0.3, -0.25) is 14.5 Å². The summed E-state index contributed by atoms with van der Waals surface area (Å²) in [4.78, 5) is 24.8. The Morgan fingerprint density at radius 2 is 1.58 bits per heavy atom. The Morgan fingerprint density at radius 3 is 2.05 bits per heavy atom. The van der Waals surface area contributed by atoms with Gasteiger partial charge in [-0.15, -0.1) is 0 Å². The van der Waals surface area contributed by atoms with Crippen molar-refractivity contribution in [3.8, 4) is 0 Å². The molecule has 1 aliphatic heterocycles. The van der Waals surface area contributed by atoms with Gasteiger partial charge in [-0.25, -0.2) is 0 Å². The average molecular weight is 289 g/mol. The SMILES string of the molecule is O=C1c2ccccc2C(=O)N1CCCSC(F)(F)F. The Morgan fingerprint density at radius 1 is 1.05 bits per heavy atom. The van der Waals surface area contributed by atoms with Crippen molar-refractivity contribution in [3.05, 3.63) is 35.4 Å². The van der Waals surface area contributed by atoms with Crippen molar-refractivity contribution in [1.82, 2.24) is 4.90 Å². The lowest BCUT2D eigenvalue weighted by Gasteiger charge is -2.13. The van der Waals surface area contributed by atoms with E-state index in [4.69, 9.17) is 0 Å². The number of thioether (sulfide) groups is 1. The molecule has 0 fully saturated rings. The van der Waals surface area contributed by atoms with Gasteiger partial charge in [0.25, 0.3) is 11.8 Å². The highest BCUT2D eigenvalue weighted by molar-refractivity contribution is 8.00. The molecule has 0 atom stereocenters. The molecule has 0 saturated carbocycles. The van der Waals surface area contributed by atoms with Crippen LogP contribution in [0.2, 0.25) is 0 Å². The second kappa shape index (κ2) is 5.24. The van der Waals surface area contributed by atoms with Crippen molar-refractivity contribution in [3.63, 3.8) is 0 Å². The maximum atomic E-state index is 11.9. The fourth-order valence-electron chi connectivity index (χ4n) is 1.85. The number of carbonyl (C=O) groups excluding carboxylic acids is 2. The predicted molar refractivity (Wildman–Crippen MR) is 64.9 cm³/mol. The summed E-state index contributed by atoms with van der Waals surface area (Å²) in [7, 11) is 0. The van der Waals surface area contributed by atoms with Crippen molar-refractivity contribution in [2.45, 2.75) is 11.9 Å². The molecule has 19 heavy (non-hydrogen) atoms. The van der Waals surface area contributed by atoms with E-state index in [1.165, 1.54) is 0 Å². The van der Waals surface area contributed by atoms with Crippen LogP contribution in [0, 0.1) is 0 Å². The molecular weight excluding hydrogens is 279 g/mol. The summed E-state index contributed by atoms with van der Waals surface area (Å²) in [6, 6.07) is 6.38. The maximum absolute atomic E-state index is 11.9. The topological polar surface area (TPSA) is 37.4 Å². The van der Waals surface area contributed by atoms with Crippen LogP contribution in [0.1, 0.15) is 27.1 Å². The standard InChI is InChI=1S/C12H10F3NO2S/c13-12(14,15)19-7-3-6-16-10(17)8-4-1-2-5-9(8)11(16)18/h1-2,4-5H,3,6-7H2. The van der Waals surface area contributed by atoms with Gasteiger partial charge in [-0.2, -0.15) is 13.2 Å². The predicted octanol–water partition coefficient (Wildman–Crippen LogP) is 2.93. The molecule has 0 unspecified atom stereocenters. The zero-order valence-corrected chi connectivity index (χ0v) is 10.6. The fourth-order valence-corrected chi connectivity index (χ4v) is 2.36. The van der Waals surface area contributed by atoms with Gasteiger partial charge in [0.05, 0.1) is 11.1 Å². The molecule has 102 valence electrons. The Bertz CT molecular complexity index is 481. The quantitative estimate of drug-likeness (QED) is 0.632.